The molecule has 114 valence electrons. The summed E-state index contributed by atoms with van der Waals surface area (Å²) in [5.41, 5.74) is 2.01. The predicted octanol–water partition coefficient (Wildman–Crippen LogP) is 4.14. The molecular weight excluding hydrogens is 282 g/mol. The van der Waals surface area contributed by atoms with E-state index < -0.39 is 4.92 Å². The van der Waals surface area contributed by atoms with Gasteiger partial charge in [0.1, 0.15) is 5.75 Å². The maximum absolute atomic E-state index is 10.6. The number of ether oxygens (including phenoxy) is 2. The van der Waals surface area contributed by atoms with Crippen LogP contribution in [0, 0.1) is 10.1 Å². The van der Waals surface area contributed by atoms with Crippen LogP contribution >= 0.6 is 0 Å². The fourth-order valence-electron chi connectivity index (χ4n) is 1.77. The normalized spacial score (nSPS) is 10.8. The summed E-state index contributed by atoms with van der Waals surface area (Å²) in [5, 5.41) is 10.6. The van der Waals surface area contributed by atoms with Gasteiger partial charge < -0.3 is 9.47 Å². The first-order valence-corrected chi connectivity index (χ1v) is 6.92. The SMILES string of the molecule is CCOCOc1ccc(C=Cc2ccc([N+](=O)[O-])cc2)cc1. The maximum Gasteiger partial charge on any atom is 0.269 e. The largest absolute Gasteiger partial charge is 0.468 e. The van der Waals surface area contributed by atoms with Crippen molar-refractivity contribution in [1.29, 1.82) is 0 Å². The summed E-state index contributed by atoms with van der Waals surface area (Å²) in [4.78, 5) is 10.2. The third-order valence-corrected chi connectivity index (χ3v) is 2.97. The molecule has 0 aliphatic carbocycles. The Kier molecular flexibility index (Phi) is 5.68. The highest BCUT2D eigenvalue weighted by molar-refractivity contribution is 5.70. The number of non-ortho nitro benzene ring substituents is 1. The first-order valence-electron chi connectivity index (χ1n) is 6.92. The van der Waals surface area contributed by atoms with Crippen molar-refractivity contribution in [2.45, 2.75) is 6.92 Å². The van der Waals surface area contributed by atoms with Crippen LogP contribution in [0.1, 0.15) is 18.1 Å². The van der Waals surface area contributed by atoms with Gasteiger partial charge in [-0.1, -0.05) is 24.3 Å². The Morgan fingerprint density at radius 2 is 1.55 bits per heavy atom. The van der Waals surface area contributed by atoms with E-state index in [2.05, 4.69) is 0 Å². The van der Waals surface area contributed by atoms with E-state index in [1.807, 2.05) is 43.3 Å². The van der Waals surface area contributed by atoms with E-state index in [0.29, 0.717) is 6.61 Å². The van der Waals surface area contributed by atoms with Gasteiger partial charge in [-0.15, -0.1) is 0 Å². The van der Waals surface area contributed by atoms with Crippen LogP contribution in [-0.2, 0) is 4.74 Å². The van der Waals surface area contributed by atoms with E-state index in [4.69, 9.17) is 9.47 Å². The highest BCUT2D eigenvalue weighted by atomic mass is 16.7. The molecule has 0 unspecified atom stereocenters. The zero-order chi connectivity index (χ0) is 15.8. The quantitative estimate of drug-likeness (QED) is 0.253. The molecular formula is C17H17NO4. The number of nitro groups is 1. The molecule has 0 N–H and O–H groups in total. The minimum atomic E-state index is -0.408. The summed E-state index contributed by atoms with van der Waals surface area (Å²) >= 11 is 0. The van der Waals surface area contributed by atoms with Crippen molar-refractivity contribution in [3.05, 3.63) is 69.8 Å². The van der Waals surface area contributed by atoms with E-state index in [0.717, 1.165) is 16.9 Å². The fraction of sp³-hybridized carbons (Fsp3) is 0.176. The highest BCUT2D eigenvalue weighted by Gasteiger charge is 2.02. The van der Waals surface area contributed by atoms with Gasteiger partial charge >= 0.3 is 0 Å². The van der Waals surface area contributed by atoms with Crippen LogP contribution in [0.4, 0.5) is 5.69 Å². The number of rotatable bonds is 7. The van der Waals surface area contributed by atoms with Crippen molar-refractivity contribution in [2.75, 3.05) is 13.4 Å². The van der Waals surface area contributed by atoms with Gasteiger partial charge in [0.15, 0.2) is 6.79 Å². The zero-order valence-corrected chi connectivity index (χ0v) is 12.3. The number of nitro benzene ring substituents is 1. The van der Waals surface area contributed by atoms with Gasteiger partial charge in [-0.05, 0) is 42.3 Å². The van der Waals surface area contributed by atoms with Crippen molar-refractivity contribution in [1.82, 2.24) is 0 Å². The lowest BCUT2D eigenvalue weighted by Crippen LogP contribution is -2.01. The van der Waals surface area contributed by atoms with Gasteiger partial charge in [-0.2, -0.15) is 0 Å². The Labute approximate surface area is 129 Å². The number of hydrogen-bond acceptors (Lipinski definition) is 4. The average molecular weight is 299 g/mol. The van der Waals surface area contributed by atoms with Crippen LogP contribution in [0.5, 0.6) is 5.75 Å². The Balaban J connectivity index is 1.96. The molecule has 0 aromatic heterocycles. The monoisotopic (exact) mass is 299 g/mol. The third-order valence-electron chi connectivity index (χ3n) is 2.97. The molecule has 0 atom stereocenters. The molecule has 0 fully saturated rings. The van der Waals surface area contributed by atoms with E-state index in [-0.39, 0.29) is 12.5 Å². The van der Waals surface area contributed by atoms with Crippen molar-refractivity contribution in [3.63, 3.8) is 0 Å². The summed E-state index contributed by atoms with van der Waals surface area (Å²) in [6.07, 6.45) is 3.84. The molecule has 0 spiro atoms. The first-order chi connectivity index (χ1) is 10.7. The standard InChI is InChI=1S/C17H17NO4/c1-2-21-13-22-17-11-7-15(8-12-17)4-3-14-5-9-16(10-6-14)18(19)20/h3-12H,2,13H2,1H3. The first kappa shape index (κ1) is 15.7. The fourth-order valence-corrected chi connectivity index (χ4v) is 1.77. The Morgan fingerprint density at radius 3 is 2.05 bits per heavy atom. The van der Waals surface area contributed by atoms with Gasteiger partial charge in [-0.25, -0.2) is 0 Å². The molecule has 2 rings (SSSR count). The molecule has 0 saturated heterocycles. The second-order valence-electron chi connectivity index (χ2n) is 4.51. The molecule has 0 radical (unpaired) electrons. The van der Waals surface area contributed by atoms with Crippen LogP contribution in [0.3, 0.4) is 0 Å². The average Bonchev–Trinajstić information content (AvgIpc) is 2.55. The van der Waals surface area contributed by atoms with E-state index in [1.165, 1.54) is 12.1 Å². The van der Waals surface area contributed by atoms with Crippen molar-refractivity contribution >= 4 is 17.8 Å². The smallest absolute Gasteiger partial charge is 0.269 e. The third kappa shape index (κ3) is 4.71. The molecule has 0 bridgehead atoms. The molecule has 2 aromatic rings. The summed E-state index contributed by atoms with van der Waals surface area (Å²) in [6, 6.07) is 14.0. The molecule has 5 nitrogen and oxygen atoms in total. The lowest BCUT2D eigenvalue weighted by Gasteiger charge is -2.05. The lowest BCUT2D eigenvalue weighted by atomic mass is 10.1. The van der Waals surface area contributed by atoms with E-state index in [1.54, 1.807) is 12.1 Å². The molecule has 0 aliphatic rings. The van der Waals surface area contributed by atoms with Crippen LogP contribution in [0.15, 0.2) is 48.5 Å². The van der Waals surface area contributed by atoms with Gasteiger partial charge in [0.05, 0.1) is 4.92 Å². The number of benzene rings is 2. The van der Waals surface area contributed by atoms with Gasteiger partial charge in [-0.3, -0.25) is 10.1 Å². The predicted molar refractivity (Wildman–Crippen MR) is 85.6 cm³/mol. The van der Waals surface area contributed by atoms with Crippen molar-refractivity contribution < 1.29 is 14.4 Å². The van der Waals surface area contributed by atoms with Gasteiger partial charge in [0.25, 0.3) is 5.69 Å². The highest BCUT2D eigenvalue weighted by Crippen LogP contribution is 2.16. The van der Waals surface area contributed by atoms with Crippen molar-refractivity contribution in [2.24, 2.45) is 0 Å². The molecule has 0 heterocycles. The van der Waals surface area contributed by atoms with E-state index >= 15 is 0 Å². The number of hydrogen-bond donors (Lipinski definition) is 0. The summed E-state index contributed by atoms with van der Waals surface area (Å²) < 4.78 is 10.5. The number of nitrogens with zero attached hydrogens (tertiary/aromatic N) is 1. The molecule has 0 amide bonds. The molecule has 0 aliphatic heterocycles. The summed E-state index contributed by atoms with van der Waals surface area (Å²) in [6.45, 7) is 2.78. The van der Waals surface area contributed by atoms with Crippen LogP contribution in [0.2, 0.25) is 0 Å². The topological polar surface area (TPSA) is 61.6 Å². The molecule has 2 aromatic carbocycles. The van der Waals surface area contributed by atoms with Gasteiger partial charge in [0, 0.05) is 18.7 Å². The molecule has 5 heteroatoms. The molecule has 22 heavy (non-hydrogen) atoms. The maximum atomic E-state index is 10.6. The summed E-state index contributed by atoms with van der Waals surface area (Å²) in [7, 11) is 0. The lowest BCUT2D eigenvalue weighted by molar-refractivity contribution is -0.384. The Bertz CT molecular complexity index is 633. The van der Waals surface area contributed by atoms with Crippen molar-refractivity contribution in [3.8, 4) is 5.75 Å². The van der Waals surface area contributed by atoms with Gasteiger partial charge in [0.2, 0.25) is 0 Å². The second-order valence-corrected chi connectivity index (χ2v) is 4.51. The van der Waals surface area contributed by atoms with E-state index in [9.17, 15) is 10.1 Å². The van der Waals surface area contributed by atoms with Crippen LogP contribution < -0.4 is 4.74 Å². The Hall–Kier alpha value is -2.66. The minimum Gasteiger partial charge on any atom is -0.468 e. The zero-order valence-electron chi connectivity index (χ0n) is 12.3. The minimum absolute atomic E-state index is 0.0907. The summed E-state index contributed by atoms with van der Waals surface area (Å²) in [5.74, 6) is 0.751. The van der Waals surface area contributed by atoms with Crippen LogP contribution in [0.25, 0.3) is 12.2 Å². The Morgan fingerprint density at radius 1 is 1.00 bits per heavy atom. The van der Waals surface area contributed by atoms with Crippen LogP contribution in [-0.4, -0.2) is 18.3 Å². The second kappa shape index (κ2) is 7.95. The molecule has 0 saturated carbocycles.